The van der Waals surface area contributed by atoms with Crippen LogP contribution in [0.4, 0.5) is 8.78 Å². The van der Waals surface area contributed by atoms with E-state index in [4.69, 9.17) is 23.2 Å². The molecule has 0 aliphatic heterocycles. The molecule has 6 nitrogen and oxygen atoms in total. The van der Waals surface area contributed by atoms with E-state index in [9.17, 15) is 23.8 Å². The molecule has 0 fully saturated rings. The summed E-state index contributed by atoms with van der Waals surface area (Å²) in [5.41, 5.74) is 5.43. The molecule has 0 aliphatic carbocycles. The number of benzene rings is 2. The van der Waals surface area contributed by atoms with E-state index >= 15 is 0 Å². The Kier molecular flexibility index (Phi) is 6.25. The van der Waals surface area contributed by atoms with Crippen molar-refractivity contribution in [1.82, 2.24) is 5.01 Å². The Morgan fingerprint density at radius 1 is 1.20 bits per heavy atom. The molecule has 0 spiro atoms. The van der Waals surface area contributed by atoms with Crippen LogP contribution < -0.4 is 11.6 Å². The molecule has 0 unspecified atom stereocenters. The second kappa shape index (κ2) is 8.70. The molecule has 0 saturated heterocycles. The lowest BCUT2D eigenvalue weighted by Crippen LogP contribution is -2.24. The average Bonchev–Trinajstić information content (AvgIpc) is 3.19. The molecule has 3 rings (SSSR count). The molecule has 0 saturated carbocycles. The van der Waals surface area contributed by atoms with E-state index in [0.717, 1.165) is 23.5 Å². The van der Waals surface area contributed by atoms with Crippen LogP contribution in [0.15, 0.2) is 48.8 Å². The molecule has 0 aliphatic rings. The Morgan fingerprint density at radius 2 is 1.93 bits per heavy atom. The number of aromatic hydroxyl groups is 2. The number of hydrazine groups is 1. The van der Waals surface area contributed by atoms with Gasteiger partial charge in [0.15, 0.2) is 11.6 Å². The largest absolute Gasteiger partial charge is 0.506 e. The highest BCUT2D eigenvalue weighted by molar-refractivity contribution is 7.17. The van der Waals surface area contributed by atoms with Crippen molar-refractivity contribution in [3.8, 4) is 21.9 Å². The van der Waals surface area contributed by atoms with E-state index in [2.05, 4.69) is 0 Å². The second-order valence-corrected chi connectivity index (χ2v) is 7.72. The third kappa shape index (κ3) is 4.23. The number of nitrogens with two attached hydrogens (primary N) is 2. The molecule has 0 bridgehead atoms. The number of hydrogen-bond acceptors (Lipinski definition) is 7. The average molecular weight is 452 g/mol. The van der Waals surface area contributed by atoms with E-state index < -0.39 is 28.7 Å². The van der Waals surface area contributed by atoms with Gasteiger partial charge in [-0.3, -0.25) is 4.79 Å². The first-order chi connectivity index (χ1) is 14.2. The maximum atomic E-state index is 14.1. The number of phenolic OH excluding ortho intramolecular Hbond substituents is 2. The smallest absolute Gasteiger partial charge is 0.209 e. The number of halogens is 3. The molecule has 30 heavy (non-hydrogen) atoms. The first-order valence-electron chi connectivity index (χ1n) is 8.46. The first kappa shape index (κ1) is 21.6. The van der Waals surface area contributed by atoms with Gasteiger partial charge < -0.3 is 21.0 Å². The van der Waals surface area contributed by atoms with Gasteiger partial charge in [0, 0.05) is 22.8 Å². The molecule has 156 valence electrons. The Balaban J connectivity index is 1.98. The quantitative estimate of drug-likeness (QED) is 0.255. The van der Waals surface area contributed by atoms with Crippen LogP contribution in [0.25, 0.3) is 10.4 Å². The molecule has 1 aromatic heterocycles. The zero-order valence-corrected chi connectivity index (χ0v) is 16.8. The molecule has 0 amide bonds. The van der Waals surface area contributed by atoms with Crippen molar-refractivity contribution < 1.29 is 23.8 Å². The number of ketones is 1. The van der Waals surface area contributed by atoms with Crippen LogP contribution in [0, 0.1) is 11.6 Å². The van der Waals surface area contributed by atoms with Crippen LogP contribution in [-0.4, -0.2) is 21.0 Å². The molecule has 3 aromatic rings. The SMILES string of the molecule is N/C=C\N(N)Cc1cc(-c2ccc(C(=O)c3c(F)ccc(O)c3F)s2)cc(Cl)c1O. The van der Waals surface area contributed by atoms with E-state index in [0.29, 0.717) is 16.0 Å². The van der Waals surface area contributed by atoms with E-state index in [1.54, 1.807) is 12.1 Å². The minimum atomic E-state index is -1.32. The van der Waals surface area contributed by atoms with Crippen LogP contribution >= 0.6 is 22.9 Å². The summed E-state index contributed by atoms with van der Waals surface area (Å²) in [6.45, 7) is 0.101. The summed E-state index contributed by atoms with van der Waals surface area (Å²) in [5, 5.41) is 20.9. The summed E-state index contributed by atoms with van der Waals surface area (Å²) in [7, 11) is 0. The van der Waals surface area contributed by atoms with Crippen LogP contribution in [0.1, 0.15) is 20.8 Å². The van der Waals surface area contributed by atoms with E-state index in [1.807, 2.05) is 0 Å². The number of phenols is 2. The predicted octanol–water partition coefficient (Wildman–Crippen LogP) is 4.09. The summed E-state index contributed by atoms with van der Waals surface area (Å²) in [4.78, 5) is 13.2. The maximum Gasteiger partial charge on any atom is 0.209 e. The van der Waals surface area contributed by atoms with Crippen molar-refractivity contribution in [3.63, 3.8) is 0 Å². The molecule has 1 heterocycles. The molecular formula is C20H16ClF2N3O3S. The number of carbonyl (C=O) groups is 1. The standard InChI is InChI=1S/C20H16ClF2N3O3S/c21-12-8-10(7-11(19(12)28)9-26(25)6-5-24)15-3-4-16(30-15)20(29)17-13(22)1-2-14(27)18(17)23/h1-8,27-28H,9,24-25H2/b6-5-. The fourth-order valence-corrected chi connectivity index (χ4v) is 3.95. The van der Waals surface area contributed by atoms with Gasteiger partial charge in [0.2, 0.25) is 5.78 Å². The van der Waals surface area contributed by atoms with Crippen molar-refractivity contribution in [2.24, 2.45) is 11.6 Å². The van der Waals surface area contributed by atoms with Gasteiger partial charge in [-0.05, 0) is 42.0 Å². The lowest BCUT2D eigenvalue weighted by atomic mass is 10.1. The third-order valence-electron chi connectivity index (χ3n) is 4.18. The number of rotatable bonds is 6. The Labute approximate surface area is 179 Å². The molecule has 6 N–H and O–H groups in total. The second-order valence-electron chi connectivity index (χ2n) is 6.23. The van der Waals surface area contributed by atoms with E-state index in [1.165, 1.54) is 29.5 Å². The lowest BCUT2D eigenvalue weighted by Gasteiger charge is -2.15. The minimum Gasteiger partial charge on any atom is -0.506 e. The Bertz CT molecular complexity index is 1150. The van der Waals surface area contributed by atoms with Crippen LogP contribution in [0.5, 0.6) is 11.5 Å². The molecule has 2 aromatic carbocycles. The summed E-state index contributed by atoms with van der Waals surface area (Å²) in [6, 6.07) is 7.78. The minimum absolute atomic E-state index is 0.0608. The Hall–Kier alpha value is -3.14. The summed E-state index contributed by atoms with van der Waals surface area (Å²) >= 11 is 7.09. The number of carbonyl (C=O) groups excluding carboxylic acids is 1. The van der Waals surface area contributed by atoms with Crippen molar-refractivity contribution in [2.45, 2.75) is 6.54 Å². The maximum absolute atomic E-state index is 14.1. The van der Waals surface area contributed by atoms with Gasteiger partial charge in [0.05, 0.1) is 22.0 Å². The van der Waals surface area contributed by atoms with Crippen molar-refractivity contribution >= 4 is 28.7 Å². The van der Waals surface area contributed by atoms with Gasteiger partial charge in [-0.2, -0.15) is 0 Å². The third-order valence-corrected chi connectivity index (χ3v) is 5.61. The molecule has 10 heteroatoms. The number of hydrogen-bond donors (Lipinski definition) is 4. The van der Waals surface area contributed by atoms with Gasteiger partial charge >= 0.3 is 0 Å². The summed E-state index contributed by atoms with van der Waals surface area (Å²) < 4.78 is 28.1. The monoisotopic (exact) mass is 451 g/mol. The first-order valence-corrected chi connectivity index (χ1v) is 9.65. The van der Waals surface area contributed by atoms with Gasteiger partial charge in [-0.1, -0.05) is 11.6 Å². The van der Waals surface area contributed by atoms with E-state index in [-0.39, 0.29) is 22.2 Å². The highest BCUT2D eigenvalue weighted by atomic mass is 35.5. The number of thiophene rings is 1. The van der Waals surface area contributed by atoms with Crippen LogP contribution in [0.2, 0.25) is 5.02 Å². The van der Waals surface area contributed by atoms with Gasteiger partial charge in [-0.25, -0.2) is 14.6 Å². The highest BCUT2D eigenvalue weighted by Gasteiger charge is 2.23. The lowest BCUT2D eigenvalue weighted by molar-refractivity contribution is 0.103. The highest BCUT2D eigenvalue weighted by Crippen LogP contribution is 2.37. The summed E-state index contributed by atoms with van der Waals surface area (Å²) in [6.07, 6.45) is 2.64. The fourth-order valence-electron chi connectivity index (χ4n) is 2.77. The molecular weight excluding hydrogens is 436 g/mol. The fraction of sp³-hybridized carbons (Fsp3) is 0.0500. The van der Waals surface area contributed by atoms with Gasteiger partial charge in [0.25, 0.3) is 0 Å². The number of nitrogens with zero attached hydrogens (tertiary/aromatic N) is 1. The Morgan fingerprint density at radius 3 is 2.63 bits per heavy atom. The van der Waals surface area contributed by atoms with Crippen molar-refractivity contribution in [1.29, 1.82) is 0 Å². The van der Waals surface area contributed by atoms with Gasteiger partial charge in [-0.15, -0.1) is 11.3 Å². The topological polar surface area (TPSA) is 113 Å². The summed E-state index contributed by atoms with van der Waals surface area (Å²) in [5.74, 6) is 1.49. The predicted molar refractivity (Wildman–Crippen MR) is 111 cm³/mol. The van der Waals surface area contributed by atoms with Crippen LogP contribution in [0.3, 0.4) is 0 Å². The van der Waals surface area contributed by atoms with Crippen molar-refractivity contribution in [3.05, 3.63) is 81.5 Å². The zero-order valence-electron chi connectivity index (χ0n) is 15.3. The molecule has 0 radical (unpaired) electrons. The van der Waals surface area contributed by atoms with Crippen LogP contribution in [-0.2, 0) is 6.54 Å². The van der Waals surface area contributed by atoms with Crippen molar-refractivity contribution in [2.75, 3.05) is 0 Å². The molecule has 0 atom stereocenters. The zero-order chi connectivity index (χ0) is 22.0. The normalized spacial score (nSPS) is 11.2. The van der Waals surface area contributed by atoms with Gasteiger partial charge in [0.1, 0.15) is 11.6 Å².